The van der Waals surface area contributed by atoms with Gasteiger partial charge in [-0.3, -0.25) is 4.79 Å². The van der Waals surface area contributed by atoms with Gasteiger partial charge in [0.15, 0.2) is 5.58 Å². The topological polar surface area (TPSA) is 83.6 Å². The van der Waals surface area contributed by atoms with Crippen LogP contribution < -0.4 is 0 Å². The van der Waals surface area contributed by atoms with Crippen LogP contribution in [0.25, 0.3) is 11.0 Å². The van der Waals surface area contributed by atoms with Crippen LogP contribution in [0.5, 0.6) is 0 Å². The Morgan fingerprint density at radius 2 is 2.20 bits per heavy atom. The molecule has 1 aliphatic rings. The molecule has 1 amide bonds. The average Bonchev–Trinajstić information content (AvgIpc) is 3.06. The summed E-state index contributed by atoms with van der Waals surface area (Å²) in [6.07, 6.45) is 1.31. The lowest BCUT2D eigenvalue weighted by Crippen LogP contribution is -2.41. The van der Waals surface area contributed by atoms with Crippen LogP contribution >= 0.6 is 0 Å². The molecule has 0 bridgehead atoms. The number of para-hydroxylation sites is 1. The van der Waals surface area contributed by atoms with Crippen LogP contribution in [-0.4, -0.2) is 39.6 Å². The first-order valence-corrected chi connectivity index (χ1v) is 6.52. The summed E-state index contributed by atoms with van der Waals surface area (Å²) in [7, 11) is 0. The van der Waals surface area contributed by atoms with Gasteiger partial charge in [-0.2, -0.15) is 0 Å². The number of hydrogen-bond acceptors (Lipinski definition) is 4. The molecule has 0 radical (unpaired) electrons. The minimum Gasteiger partial charge on any atom is -0.480 e. The summed E-state index contributed by atoms with van der Waals surface area (Å²) in [6, 6.07) is 6.60. The number of rotatable bonds is 3. The predicted octanol–water partition coefficient (Wildman–Crippen LogP) is 1.45. The zero-order valence-electron chi connectivity index (χ0n) is 10.8. The normalized spacial score (nSPS) is 18.6. The summed E-state index contributed by atoms with van der Waals surface area (Å²) in [4.78, 5) is 24.8. The van der Waals surface area contributed by atoms with Crippen molar-refractivity contribution in [1.82, 2.24) is 10.1 Å². The zero-order valence-corrected chi connectivity index (χ0v) is 10.8. The molecule has 1 aromatic heterocycles. The number of fused-ring (bicyclic) bond motifs is 1. The second-order valence-electron chi connectivity index (χ2n) is 4.89. The molecule has 1 aliphatic heterocycles. The fraction of sp³-hybridized carbons (Fsp3) is 0.357. The van der Waals surface area contributed by atoms with Gasteiger partial charge in [0.2, 0.25) is 5.91 Å². The molecule has 20 heavy (non-hydrogen) atoms. The number of benzene rings is 1. The standard InChI is InChI=1S/C14H14N2O4/c17-13(16-7-3-5-11(16)14(18)19)8-10-9-4-1-2-6-12(9)20-15-10/h1-2,4,6,11H,3,5,7-8H2,(H,18,19)/t11-/m1/s1. The molecule has 6 nitrogen and oxygen atoms in total. The number of hydrogen-bond donors (Lipinski definition) is 1. The summed E-state index contributed by atoms with van der Waals surface area (Å²) in [5.41, 5.74) is 1.19. The monoisotopic (exact) mass is 274 g/mol. The second-order valence-corrected chi connectivity index (χ2v) is 4.89. The van der Waals surface area contributed by atoms with Gasteiger partial charge in [0, 0.05) is 11.9 Å². The van der Waals surface area contributed by atoms with Crippen LogP contribution in [0.15, 0.2) is 28.8 Å². The van der Waals surface area contributed by atoms with Crippen molar-refractivity contribution >= 4 is 22.8 Å². The number of amides is 1. The van der Waals surface area contributed by atoms with Crippen LogP contribution in [0.2, 0.25) is 0 Å². The Morgan fingerprint density at radius 3 is 3.00 bits per heavy atom. The molecule has 3 rings (SSSR count). The van der Waals surface area contributed by atoms with E-state index in [9.17, 15) is 9.59 Å². The fourth-order valence-corrected chi connectivity index (χ4v) is 2.63. The summed E-state index contributed by atoms with van der Waals surface area (Å²) < 4.78 is 5.15. The van der Waals surface area contributed by atoms with Gasteiger partial charge in [-0.1, -0.05) is 17.3 Å². The smallest absolute Gasteiger partial charge is 0.326 e. The van der Waals surface area contributed by atoms with Gasteiger partial charge in [0.1, 0.15) is 11.7 Å². The summed E-state index contributed by atoms with van der Waals surface area (Å²) in [6.45, 7) is 0.492. The van der Waals surface area contributed by atoms with Crippen molar-refractivity contribution in [1.29, 1.82) is 0 Å². The SMILES string of the molecule is O=C(O)[C@H]1CCCN1C(=O)Cc1noc2ccccc12. The van der Waals surface area contributed by atoms with E-state index in [-0.39, 0.29) is 12.3 Å². The number of carboxylic acids is 1. The highest BCUT2D eigenvalue weighted by Gasteiger charge is 2.34. The third-order valence-electron chi connectivity index (χ3n) is 3.63. The van der Waals surface area contributed by atoms with Crippen molar-refractivity contribution in [2.24, 2.45) is 0 Å². The third-order valence-corrected chi connectivity index (χ3v) is 3.63. The Hall–Kier alpha value is -2.37. The van der Waals surface area contributed by atoms with Crippen LogP contribution in [-0.2, 0) is 16.0 Å². The molecule has 2 heterocycles. The van der Waals surface area contributed by atoms with Crippen molar-refractivity contribution in [3.05, 3.63) is 30.0 Å². The molecule has 1 fully saturated rings. The molecule has 0 unspecified atom stereocenters. The van der Waals surface area contributed by atoms with Gasteiger partial charge in [-0.15, -0.1) is 0 Å². The summed E-state index contributed by atoms with van der Waals surface area (Å²) in [5.74, 6) is -1.16. The van der Waals surface area contributed by atoms with E-state index in [1.807, 2.05) is 18.2 Å². The Balaban J connectivity index is 1.80. The molecule has 0 spiro atoms. The number of carbonyl (C=O) groups excluding carboxylic acids is 1. The molecular weight excluding hydrogens is 260 g/mol. The molecule has 6 heteroatoms. The van der Waals surface area contributed by atoms with Gasteiger partial charge < -0.3 is 14.5 Å². The minimum atomic E-state index is -0.944. The summed E-state index contributed by atoms with van der Waals surface area (Å²) >= 11 is 0. The largest absolute Gasteiger partial charge is 0.480 e. The van der Waals surface area contributed by atoms with Crippen molar-refractivity contribution in [3.8, 4) is 0 Å². The quantitative estimate of drug-likeness (QED) is 0.915. The number of carbonyl (C=O) groups is 2. The van der Waals surface area contributed by atoms with Crippen molar-refractivity contribution in [3.63, 3.8) is 0 Å². The Kier molecular flexibility index (Phi) is 3.14. The van der Waals surface area contributed by atoms with Gasteiger partial charge in [-0.25, -0.2) is 4.79 Å². The summed E-state index contributed by atoms with van der Waals surface area (Å²) in [5, 5.41) is 13.8. The van der Waals surface area contributed by atoms with Gasteiger partial charge in [-0.05, 0) is 25.0 Å². The highest BCUT2D eigenvalue weighted by atomic mass is 16.5. The Labute approximate surface area is 115 Å². The Bertz CT molecular complexity index is 664. The van der Waals surface area contributed by atoms with Crippen LogP contribution in [0.1, 0.15) is 18.5 Å². The molecule has 1 aromatic carbocycles. The minimum absolute atomic E-state index is 0.0702. The third kappa shape index (κ3) is 2.13. The highest BCUT2D eigenvalue weighted by Crippen LogP contribution is 2.22. The molecule has 104 valence electrons. The van der Waals surface area contributed by atoms with E-state index in [1.54, 1.807) is 6.07 Å². The van der Waals surface area contributed by atoms with Crippen molar-refractivity contribution < 1.29 is 19.2 Å². The van der Waals surface area contributed by atoms with Gasteiger partial charge in [0.05, 0.1) is 6.42 Å². The van der Waals surface area contributed by atoms with E-state index in [0.29, 0.717) is 24.2 Å². The van der Waals surface area contributed by atoms with Gasteiger partial charge in [0.25, 0.3) is 0 Å². The van der Waals surface area contributed by atoms with E-state index in [0.717, 1.165) is 11.8 Å². The predicted molar refractivity (Wildman–Crippen MR) is 70.1 cm³/mol. The second kappa shape index (κ2) is 4.96. The first kappa shape index (κ1) is 12.7. The number of aromatic nitrogens is 1. The fourth-order valence-electron chi connectivity index (χ4n) is 2.63. The highest BCUT2D eigenvalue weighted by molar-refractivity contribution is 5.89. The van der Waals surface area contributed by atoms with Crippen LogP contribution in [0.4, 0.5) is 0 Å². The average molecular weight is 274 g/mol. The first-order valence-electron chi connectivity index (χ1n) is 6.52. The van der Waals surface area contributed by atoms with E-state index in [2.05, 4.69) is 5.16 Å². The lowest BCUT2D eigenvalue weighted by molar-refractivity contribution is -0.148. The molecule has 1 N–H and O–H groups in total. The number of likely N-dealkylation sites (tertiary alicyclic amines) is 1. The molecule has 1 saturated heterocycles. The van der Waals surface area contributed by atoms with Gasteiger partial charge >= 0.3 is 5.97 Å². The maximum Gasteiger partial charge on any atom is 0.326 e. The van der Waals surface area contributed by atoms with E-state index in [1.165, 1.54) is 4.90 Å². The van der Waals surface area contributed by atoms with Crippen molar-refractivity contribution in [2.45, 2.75) is 25.3 Å². The molecule has 0 saturated carbocycles. The number of nitrogens with zero attached hydrogens (tertiary/aromatic N) is 2. The van der Waals surface area contributed by atoms with E-state index < -0.39 is 12.0 Å². The number of carboxylic acid groups (broad SMARTS) is 1. The molecule has 2 aromatic rings. The van der Waals surface area contributed by atoms with Crippen molar-refractivity contribution in [2.75, 3.05) is 6.54 Å². The zero-order chi connectivity index (χ0) is 14.1. The maximum absolute atomic E-state index is 12.3. The van der Waals surface area contributed by atoms with Crippen LogP contribution in [0, 0.1) is 0 Å². The van der Waals surface area contributed by atoms with E-state index >= 15 is 0 Å². The van der Waals surface area contributed by atoms with E-state index in [4.69, 9.17) is 9.63 Å². The lowest BCUT2D eigenvalue weighted by atomic mass is 10.1. The lowest BCUT2D eigenvalue weighted by Gasteiger charge is -2.20. The first-order chi connectivity index (χ1) is 9.66. The molecular formula is C14H14N2O4. The maximum atomic E-state index is 12.3. The molecule has 0 aliphatic carbocycles. The Morgan fingerprint density at radius 1 is 1.40 bits per heavy atom. The van der Waals surface area contributed by atoms with Crippen LogP contribution in [0.3, 0.4) is 0 Å². The molecule has 1 atom stereocenters. The number of aliphatic carboxylic acids is 1.